The maximum atomic E-state index is 12.8. The van der Waals surface area contributed by atoms with Crippen molar-refractivity contribution in [2.24, 2.45) is 0 Å². The van der Waals surface area contributed by atoms with Crippen molar-refractivity contribution in [1.29, 1.82) is 0 Å². The highest BCUT2D eigenvalue weighted by atomic mass is 16.7. The fourth-order valence-electron chi connectivity index (χ4n) is 3.18. The minimum atomic E-state index is -1.73. The van der Waals surface area contributed by atoms with Crippen LogP contribution in [0.3, 0.4) is 0 Å². The standard InChI is InChI=1S/C21H27NO10/c1-11(19(25)28-4)30-16-15(22-12(2)23)20(26)32-18(17(16)31-13(3)24)21(27)29-10-14-8-6-5-7-9-14/h5-9,11,15-18,20,26H,10H2,1-4H3,(H,22,23)/t11-,15-,16-,17+,18+,20+/m1/s1. The molecule has 11 heteroatoms. The van der Waals surface area contributed by atoms with E-state index < -0.39 is 60.6 Å². The molecule has 0 saturated carbocycles. The van der Waals surface area contributed by atoms with E-state index in [1.807, 2.05) is 0 Å². The van der Waals surface area contributed by atoms with Crippen molar-refractivity contribution in [2.45, 2.75) is 64.1 Å². The van der Waals surface area contributed by atoms with Gasteiger partial charge >= 0.3 is 17.9 Å². The summed E-state index contributed by atoms with van der Waals surface area (Å²) in [5.41, 5.74) is 0.699. The molecule has 1 aromatic rings. The zero-order valence-electron chi connectivity index (χ0n) is 18.2. The fourth-order valence-corrected chi connectivity index (χ4v) is 3.18. The normalized spacial score (nSPS) is 25.8. The summed E-state index contributed by atoms with van der Waals surface area (Å²) < 4.78 is 26.2. The Balaban J connectivity index is 2.31. The van der Waals surface area contributed by atoms with E-state index in [1.165, 1.54) is 13.8 Å². The zero-order valence-corrected chi connectivity index (χ0v) is 18.2. The molecule has 1 aromatic carbocycles. The van der Waals surface area contributed by atoms with Crippen molar-refractivity contribution in [2.75, 3.05) is 7.11 Å². The molecular weight excluding hydrogens is 426 g/mol. The molecule has 0 unspecified atom stereocenters. The van der Waals surface area contributed by atoms with Crippen LogP contribution in [-0.4, -0.2) is 72.8 Å². The third kappa shape index (κ3) is 6.74. The summed E-state index contributed by atoms with van der Waals surface area (Å²) in [4.78, 5) is 48.1. The van der Waals surface area contributed by atoms with Crippen LogP contribution in [-0.2, 0) is 49.5 Å². The number of amides is 1. The lowest BCUT2D eigenvalue weighted by molar-refractivity contribution is -0.267. The van der Waals surface area contributed by atoms with Crippen LogP contribution in [0.25, 0.3) is 0 Å². The van der Waals surface area contributed by atoms with Crippen molar-refractivity contribution < 1.29 is 48.0 Å². The predicted octanol–water partition coefficient (Wildman–Crippen LogP) is -0.170. The van der Waals surface area contributed by atoms with Gasteiger partial charge in [0.15, 0.2) is 24.6 Å². The summed E-state index contributed by atoms with van der Waals surface area (Å²) in [6.07, 6.45) is -7.27. The number of aliphatic hydroxyl groups is 1. The van der Waals surface area contributed by atoms with Crippen molar-refractivity contribution >= 4 is 23.8 Å². The summed E-state index contributed by atoms with van der Waals surface area (Å²) in [6, 6.07) is 7.55. The van der Waals surface area contributed by atoms with E-state index in [-0.39, 0.29) is 6.61 Å². The number of carbonyl (C=O) groups excluding carboxylic acids is 4. The number of ether oxygens (including phenoxy) is 5. The SMILES string of the molecule is COC(=O)[C@@H](C)O[C@@H]1[C@@H](NC(C)=O)[C@@H](O)O[C@H](C(=O)OCc2ccccc2)[C@H]1OC(C)=O. The van der Waals surface area contributed by atoms with Gasteiger partial charge in [0.05, 0.1) is 7.11 Å². The van der Waals surface area contributed by atoms with Gasteiger partial charge in [-0.25, -0.2) is 9.59 Å². The quantitative estimate of drug-likeness (QED) is 0.402. The molecule has 32 heavy (non-hydrogen) atoms. The summed E-state index contributed by atoms with van der Waals surface area (Å²) >= 11 is 0. The largest absolute Gasteiger partial charge is 0.467 e. The molecule has 1 aliphatic rings. The van der Waals surface area contributed by atoms with Gasteiger partial charge in [0.25, 0.3) is 0 Å². The fraction of sp³-hybridized carbons (Fsp3) is 0.524. The van der Waals surface area contributed by atoms with Crippen LogP contribution in [0.4, 0.5) is 0 Å². The van der Waals surface area contributed by atoms with E-state index in [2.05, 4.69) is 10.1 Å². The second-order valence-corrected chi connectivity index (χ2v) is 7.11. The monoisotopic (exact) mass is 453 g/mol. The predicted molar refractivity (Wildman–Crippen MR) is 107 cm³/mol. The van der Waals surface area contributed by atoms with Crippen molar-refractivity contribution in [3.05, 3.63) is 35.9 Å². The Kier molecular flexibility index (Phi) is 9.12. The maximum Gasteiger partial charge on any atom is 0.339 e. The van der Waals surface area contributed by atoms with Crippen LogP contribution in [0.1, 0.15) is 26.3 Å². The first-order chi connectivity index (χ1) is 15.1. The van der Waals surface area contributed by atoms with Gasteiger partial charge in [0.2, 0.25) is 5.91 Å². The molecule has 0 bridgehead atoms. The van der Waals surface area contributed by atoms with E-state index in [0.717, 1.165) is 14.0 Å². The van der Waals surface area contributed by atoms with Crippen LogP contribution in [0.15, 0.2) is 30.3 Å². The molecule has 0 radical (unpaired) electrons. The van der Waals surface area contributed by atoms with E-state index >= 15 is 0 Å². The number of aliphatic hydroxyl groups excluding tert-OH is 1. The number of hydrogen-bond acceptors (Lipinski definition) is 10. The Bertz CT molecular complexity index is 814. The molecule has 1 aliphatic heterocycles. The van der Waals surface area contributed by atoms with Gasteiger partial charge in [-0.2, -0.15) is 0 Å². The van der Waals surface area contributed by atoms with E-state index in [0.29, 0.717) is 5.56 Å². The Hall–Kier alpha value is -3.02. The third-order valence-electron chi connectivity index (χ3n) is 4.59. The molecule has 2 rings (SSSR count). The molecule has 1 fully saturated rings. The Labute approximate surface area is 184 Å². The van der Waals surface area contributed by atoms with Crippen LogP contribution in [0.5, 0.6) is 0 Å². The van der Waals surface area contributed by atoms with Crippen LogP contribution in [0, 0.1) is 0 Å². The number of esters is 3. The second kappa shape index (κ2) is 11.6. The molecule has 0 aliphatic carbocycles. The highest BCUT2D eigenvalue weighted by Gasteiger charge is 2.53. The summed E-state index contributed by atoms with van der Waals surface area (Å²) in [7, 11) is 1.15. The lowest BCUT2D eigenvalue weighted by Crippen LogP contribution is -2.67. The lowest BCUT2D eigenvalue weighted by Gasteiger charge is -2.43. The van der Waals surface area contributed by atoms with Crippen LogP contribution in [0.2, 0.25) is 0 Å². The average Bonchev–Trinajstić information content (AvgIpc) is 2.75. The Morgan fingerprint density at radius 2 is 1.78 bits per heavy atom. The number of methoxy groups -OCH3 is 1. The van der Waals surface area contributed by atoms with Gasteiger partial charge < -0.3 is 34.1 Å². The first-order valence-corrected chi connectivity index (χ1v) is 9.85. The topological polar surface area (TPSA) is 147 Å². The van der Waals surface area contributed by atoms with Crippen LogP contribution >= 0.6 is 0 Å². The Morgan fingerprint density at radius 3 is 2.34 bits per heavy atom. The van der Waals surface area contributed by atoms with Gasteiger partial charge in [-0.3, -0.25) is 9.59 Å². The highest BCUT2D eigenvalue weighted by molar-refractivity contribution is 5.78. The second-order valence-electron chi connectivity index (χ2n) is 7.11. The molecule has 176 valence electrons. The molecule has 1 amide bonds. The first-order valence-electron chi connectivity index (χ1n) is 9.85. The minimum Gasteiger partial charge on any atom is -0.467 e. The molecule has 1 heterocycles. The number of benzene rings is 1. The van der Waals surface area contributed by atoms with Crippen molar-refractivity contribution in [1.82, 2.24) is 5.32 Å². The van der Waals surface area contributed by atoms with Crippen LogP contribution < -0.4 is 5.32 Å². The molecule has 1 saturated heterocycles. The first kappa shape index (κ1) is 25.2. The number of hydrogen-bond donors (Lipinski definition) is 2. The smallest absolute Gasteiger partial charge is 0.339 e. The molecule has 0 spiro atoms. The average molecular weight is 453 g/mol. The summed E-state index contributed by atoms with van der Waals surface area (Å²) in [5.74, 6) is -3.02. The summed E-state index contributed by atoms with van der Waals surface area (Å²) in [5, 5.41) is 12.9. The maximum absolute atomic E-state index is 12.8. The molecule has 6 atom stereocenters. The Morgan fingerprint density at radius 1 is 1.12 bits per heavy atom. The van der Waals surface area contributed by atoms with Gasteiger partial charge in [-0.15, -0.1) is 0 Å². The number of carbonyl (C=O) groups is 4. The van der Waals surface area contributed by atoms with E-state index in [4.69, 9.17) is 18.9 Å². The molecular formula is C21H27NO10. The van der Waals surface area contributed by atoms with Gasteiger partial charge in [-0.1, -0.05) is 30.3 Å². The third-order valence-corrected chi connectivity index (χ3v) is 4.59. The molecule has 2 N–H and O–H groups in total. The molecule has 0 aromatic heterocycles. The number of nitrogens with one attached hydrogen (secondary N) is 1. The lowest BCUT2D eigenvalue weighted by atomic mass is 9.95. The van der Waals surface area contributed by atoms with Gasteiger partial charge in [0.1, 0.15) is 18.8 Å². The van der Waals surface area contributed by atoms with E-state index in [1.54, 1.807) is 30.3 Å². The minimum absolute atomic E-state index is 0.0956. The van der Waals surface area contributed by atoms with Crippen molar-refractivity contribution in [3.63, 3.8) is 0 Å². The van der Waals surface area contributed by atoms with Gasteiger partial charge in [0, 0.05) is 13.8 Å². The zero-order chi connectivity index (χ0) is 23.8. The van der Waals surface area contributed by atoms with E-state index in [9.17, 15) is 24.3 Å². The number of rotatable bonds is 8. The van der Waals surface area contributed by atoms with Crippen molar-refractivity contribution in [3.8, 4) is 0 Å². The van der Waals surface area contributed by atoms with Gasteiger partial charge in [-0.05, 0) is 12.5 Å². The highest BCUT2D eigenvalue weighted by Crippen LogP contribution is 2.28. The molecule has 11 nitrogen and oxygen atoms in total. The summed E-state index contributed by atoms with van der Waals surface area (Å²) in [6.45, 7) is 3.56.